The largest absolute Gasteiger partial charge is 0.412 e. The lowest BCUT2D eigenvalue weighted by Crippen LogP contribution is -2.46. The van der Waals surface area contributed by atoms with Crippen LogP contribution in [-0.4, -0.2) is 56.2 Å². The van der Waals surface area contributed by atoms with Crippen LogP contribution in [0.5, 0.6) is 5.75 Å². The number of ether oxygens (including phenoxy) is 1. The molecule has 0 spiro atoms. The number of piperazine rings is 1. The molecule has 38 heavy (non-hydrogen) atoms. The van der Waals surface area contributed by atoms with Crippen molar-refractivity contribution in [3.8, 4) is 16.9 Å². The van der Waals surface area contributed by atoms with Crippen molar-refractivity contribution in [2.45, 2.75) is 0 Å². The van der Waals surface area contributed by atoms with Gasteiger partial charge in [0.2, 0.25) is 5.91 Å². The van der Waals surface area contributed by atoms with Crippen LogP contribution in [0.15, 0.2) is 72.8 Å². The molecule has 2 amide bonds. The van der Waals surface area contributed by atoms with Crippen LogP contribution in [0.2, 0.25) is 10.0 Å². The quantitative estimate of drug-likeness (QED) is 0.364. The summed E-state index contributed by atoms with van der Waals surface area (Å²) >= 11 is 12.5. The number of carbonyl (C=O) groups is 2. The molecule has 1 heterocycles. The molecule has 10 heteroatoms. The molecule has 4 rings (SSSR count). The van der Waals surface area contributed by atoms with Crippen LogP contribution in [0, 0.1) is 5.82 Å². The molecule has 198 valence electrons. The van der Waals surface area contributed by atoms with Crippen molar-refractivity contribution in [1.29, 1.82) is 0 Å². The SMILES string of the molecule is NC(=O)c1cccc(-c2ccc(OC(=O)NC/C=C/CN3CCN(c4cccc(Cl)c4Cl)CC3)cc2F)c1. The Labute approximate surface area is 230 Å². The summed E-state index contributed by atoms with van der Waals surface area (Å²) in [6, 6.07) is 16.1. The van der Waals surface area contributed by atoms with Gasteiger partial charge in [-0.3, -0.25) is 9.69 Å². The van der Waals surface area contributed by atoms with E-state index < -0.39 is 17.8 Å². The zero-order valence-corrected chi connectivity index (χ0v) is 22.0. The number of nitrogens with one attached hydrogen (secondary N) is 1. The number of carbonyl (C=O) groups excluding carboxylic acids is 2. The summed E-state index contributed by atoms with van der Waals surface area (Å²) in [5.41, 5.74) is 7.28. The topological polar surface area (TPSA) is 87.9 Å². The Morgan fingerprint density at radius 1 is 1.00 bits per heavy atom. The minimum Gasteiger partial charge on any atom is -0.410 e. The van der Waals surface area contributed by atoms with Gasteiger partial charge in [-0.15, -0.1) is 0 Å². The third-order valence-electron chi connectivity index (χ3n) is 6.15. The summed E-state index contributed by atoms with van der Waals surface area (Å²) in [5.74, 6) is -1.12. The molecule has 1 saturated heterocycles. The minimum atomic E-state index is -0.690. The Morgan fingerprint density at radius 3 is 2.50 bits per heavy atom. The molecular formula is C28H27Cl2FN4O3. The molecule has 0 radical (unpaired) electrons. The van der Waals surface area contributed by atoms with E-state index in [1.165, 1.54) is 18.2 Å². The van der Waals surface area contributed by atoms with Crippen LogP contribution >= 0.6 is 23.2 Å². The van der Waals surface area contributed by atoms with Gasteiger partial charge in [0, 0.05) is 56.5 Å². The van der Waals surface area contributed by atoms with E-state index in [0.29, 0.717) is 15.6 Å². The number of amides is 2. The normalized spacial score (nSPS) is 14.0. The fraction of sp³-hybridized carbons (Fsp3) is 0.214. The Balaban J connectivity index is 1.20. The first kappa shape index (κ1) is 27.4. The zero-order valence-electron chi connectivity index (χ0n) is 20.5. The van der Waals surface area contributed by atoms with E-state index in [1.54, 1.807) is 24.3 Å². The molecule has 1 aliphatic heterocycles. The highest BCUT2D eigenvalue weighted by Gasteiger charge is 2.19. The molecular weight excluding hydrogens is 530 g/mol. The molecule has 0 atom stereocenters. The summed E-state index contributed by atoms with van der Waals surface area (Å²) in [7, 11) is 0. The van der Waals surface area contributed by atoms with Gasteiger partial charge in [-0.2, -0.15) is 0 Å². The number of anilines is 1. The molecule has 1 aliphatic rings. The van der Waals surface area contributed by atoms with E-state index in [0.717, 1.165) is 44.5 Å². The molecule has 3 N–H and O–H groups in total. The predicted molar refractivity (Wildman–Crippen MR) is 149 cm³/mol. The van der Waals surface area contributed by atoms with Gasteiger partial charge in [0.25, 0.3) is 0 Å². The van der Waals surface area contributed by atoms with Crippen molar-refractivity contribution in [3.05, 3.63) is 94.2 Å². The zero-order chi connectivity index (χ0) is 27.1. The maximum atomic E-state index is 14.6. The minimum absolute atomic E-state index is 0.0662. The first-order chi connectivity index (χ1) is 18.3. The Morgan fingerprint density at radius 2 is 1.76 bits per heavy atom. The smallest absolute Gasteiger partial charge is 0.410 e. The van der Waals surface area contributed by atoms with E-state index in [9.17, 15) is 14.0 Å². The third kappa shape index (κ3) is 7.04. The summed E-state index contributed by atoms with van der Waals surface area (Å²) in [4.78, 5) is 28.0. The van der Waals surface area contributed by atoms with Gasteiger partial charge in [0.05, 0.1) is 15.7 Å². The first-order valence-electron chi connectivity index (χ1n) is 12.0. The number of halogens is 3. The van der Waals surface area contributed by atoms with E-state index in [1.807, 2.05) is 24.3 Å². The lowest BCUT2D eigenvalue weighted by molar-refractivity contribution is 0.1000. The number of nitrogens with zero attached hydrogens (tertiary/aromatic N) is 2. The number of hydrogen-bond acceptors (Lipinski definition) is 5. The monoisotopic (exact) mass is 556 g/mol. The van der Waals surface area contributed by atoms with Crippen molar-refractivity contribution in [1.82, 2.24) is 10.2 Å². The second-order valence-electron chi connectivity index (χ2n) is 8.69. The molecule has 3 aromatic rings. The van der Waals surface area contributed by atoms with Crippen LogP contribution < -0.4 is 20.7 Å². The third-order valence-corrected chi connectivity index (χ3v) is 6.96. The van der Waals surface area contributed by atoms with Gasteiger partial charge in [-0.25, -0.2) is 9.18 Å². The fourth-order valence-corrected chi connectivity index (χ4v) is 4.55. The summed E-state index contributed by atoms with van der Waals surface area (Å²) in [6.45, 7) is 4.44. The van der Waals surface area contributed by atoms with E-state index in [-0.39, 0.29) is 23.4 Å². The van der Waals surface area contributed by atoms with Crippen molar-refractivity contribution in [2.24, 2.45) is 5.73 Å². The Hall–Kier alpha value is -3.59. The van der Waals surface area contributed by atoms with Crippen molar-refractivity contribution >= 4 is 40.9 Å². The summed E-state index contributed by atoms with van der Waals surface area (Å²) in [6.07, 6.45) is 3.14. The van der Waals surface area contributed by atoms with Gasteiger partial charge in [-0.1, -0.05) is 53.6 Å². The van der Waals surface area contributed by atoms with Gasteiger partial charge >= 0.3 is 6.09 Å². The second-order valence-corrected chi connectivity index (χ2v) is 9.47. The molecule has 7 nitrogen and oxygen atoms in total. The lowest BCUT2D eigenvalue weighted by Gasteiger charge is -2.36. The van der Waals surface area contributed by atoms with E-state index in [4.69, 9.17) is 33.7 Å². The van der Waals surface area contributed by atoms with Crippen LogP contribution in [0.4, 0.5) is 14.9 Å². The number of benzene rings is 3. The van der Waals surface area contributed by atoms with Gasteiger partial charge in [-0.05, 0) is 42.0 Å². The Kier molecular flexibility index (Phi) is 9.23. The van der Waals surface area contributed by atoms with Crippen molar-refractivity contribution in [3.63, 3.8) is 0 Å². The standard InChI is InChI=1S/C28H27Cl2FN4O3/c29-23-7-4-8-25(26(23)30)35-15-13-34(14-16-35)12-2-1-11-33-28(37)38-21-9-10-22(24(31)18-21)19-5-3-6-20(17-19)27(32)36/h1-10,17-18H,11-16H2,(H2,32,36)(H,33,37)/b2-1+. The molecule has 0 aliphatic carbocycles. The number of nitrogens with two attached hydrogens (primary N) is 1. The molecule has 1 fully saturated rings. The maximum absolute atomic E-state index is 14.6. The van der Waals surface area contributed by atoms with Gasteiger partial charge < -0.3 is 20.7 Å². The molecule has 0 bridgehead atoms. The molecule has 0 aromatic heterocycles. The summed E-state index contributed by atoms with van der Waals surface area (Å²) < 4.78 is 19.8. The van der Waals surface area contributed by atoms with Crippen molar-refractivity contribution in [2.75, 3.05) is 44.2 Å². The van der Waals surface area contributed by atoms with Gasteiger partial charge in [0.15, 0.2) is 0 Å². The lowest BCUT2D eigenvalue weighted by atomic mass is 10.0. The molecule has 0 saturated carbocycles. The summed E-state index contributed by atoms with van der Waals surface area (Å²) in [5, 5.41) is 3.75. The van der Waals surface area contributed by atoms with E-state index >= 15 is 0 Å². The highest BCUT2D eigenvalue weighted by Crippen LogP contribution is 2.33. The molecule has 3 aromatic carbocycles. The number of rotatable bonds is 8. The highest BCUT2D eigenvalue weighted by atomic mass is 35.5. The van der Waals surface area contributed by atoms with Crippen LogP contribution in [0.1, 0.15) is 10.4 Å². The van der Waals surface area contributed by atoms with Crippen molar-refractivity contribution < 1.29 is 18.7 Å². The van der Waals surface area contributed by atoms with Gasteiger partial charge in [0.1, 0.15) is 11.6 Å². The first-order valence-corrected chi connectivity index (χ1v) is 12.8. The fourth-order valence-electron chi connectivity index (χ4n) is 4.13. The van der Waals surface area contributed by atoms with Crippen LogP contribution in [0.25, 0.3) is 11.1 Å². The maximum Gasteiger partial charge on any atom is 0.412 e. The predicted octanol–water partition coefficient (Wildman–Crippen LogP) is 5.37. The second kappa shape index (κ2) is 12.8. The average molecular weight is 557 g/mol. The highest BCUT2D eigenvalue weighted by molar-refractivity contribution is 6.43. The average Bonchev–Trinajstić information content (AvgIpc) is 2.90. The van der Waals surface area contributed by atoms with Crippen LogP contribution in [-0.2, 0) is 0 Å². The number of primary amides is 1. The van der Waals surface area contributed by atoms with Crippen LogP contribution in [0.3, 0.4) is 0 Å². The number of hydrogen-bond donors (Lipinski definition) is 2. The Bertz CT molecular complexity index is 1340. The molecule has 0 unspecified atom stereocenters. The van der Waals surface area contributed by atoms with E-state index in [2.05, 4.69) is 15.1 Å².